The predicted molar refractivity (Wildman–Crippen MR) is 79.0 cm³/mol. The van der Waals surface area contributed by atoms with Gasteiger partial charge in [0.1, 0.15) is 48.8 Å². The Bertz CT molecular complexity index is 384. The van der Waals surface area contributed by atoms with E-state index in [4.69, 9.17) is 19.3 Å². The number of rotatable bonds is 4. The van der Waals surface area contributed by atoms with Crippen LogP contribution in [0.1, 0.15) is 0 Å². The maximum absolute atomic E-state index is 9.94. The quantitative estimate of drug-likeness (QED) is 0.234. The Morgan fingerprint density at radius 3 is 1.79 bits per heavy atom. The Labute approximate surface area is 144 Å². The van der Waals surface area contributed by atoms with Crippen LogP contribution in [0, 0.1) is 0 Å². The van der Waals surface area contributed by atoms with Gasteiger partial charge in [-0.1, -0.05) is 0 Å². The second kappa shape index (κ2) is 9.02. The van der Waals surface area contributed by atoms with Gasteiger partial charge in [0, 0.05) is 0 Å². The van der Waals surface area contributed by atoms with Gasteiger partial charge in [0.15, 0.2) is 12.6 Å². The van der Waals surface area contributed by atoms with Crippen molar-refractivity contribution in [3.63, 3.8) is 0 Å². The molecule has 144 valence electrons. The molecule has 2 fully saturated rings. The van der Waals surface area contributed by atoms with Crippen molar-refractivity contribution in [1.82, 2.24) is 0 Å². The maximum Gasteiger partial charge on any atom is 0.187 e. The fourth-order valence-corrected chi connectivity index (χ4v) is 2.57. The summed E-state index contributed by atoms with van der Waals surface area (Å²) in [6.45, 7) is -1.35. The van der Waals surface area contributed by atoms with E-state index in [1.54, 1.807) is 0 Å². The SMILES string of the molecule is OC[C@H]1O[C@@H](O[C@H]2[C@H](O)[C@@H](O)C(O)O[C@@H]2CO)[C@H](O)[C@@H](O)[C@H]1O.S. The molecule has 1 unspecified atom stereocenters. The molecule has 10 atom stereocenters. The molecule has 11 nitrogen and oxygen atoms in total. The monoisotopic (exact) mass is 376 g/mol. The van der Waals surface area contributed by atoms with Crippen molar-refractivity contribution in [1.29, 1.82) is 0 Å². The number of aliphatic hydroxyl groups is 8. The summed E-state index contributed by atoms with van der Waals surface area (Å²) in [6, 6.07) is 0. The molecule has 24 heavy (non-hydrogen) atoms. The predicted octanol–water partition coefficient (Wildman–Crippen LogP) is -5.28. The van der Waals surface area contributed by atoms with Gasteiger partial charge in [-0.05, 0) is 0 Å². The van der Waals surface area contributed by atoms with Crippen LogP contribution >= 0.6 is 13.5 Å². The number of ether oxygens (including phenoxy) is 3. The minimum atomic E-state index is -1.74. The van der Waals surface area contributed by atoms with E-state index in [0.717, 1.165) is 0 Å². The average Bonchev–Trinajstić information content (AvgIpc) is 2.55. The Hall–Kier alpha value is -0.0900. The van der Waals surface area contributed by atoms with Crippen molar-refractivity contribution in [3.8, 4) is 0 Å². The molecule has 0 aliphatic carbocycles. The zero-order valence-corrected chi connectivity index (χ0v) is 13.5. The minimum absolute atomic E-state index is 0. The number of hydrogen-bond acceptors (Lipinski definition) is 11. The van der Waals surface area contributed by atoms with Gasteiger partial charge in [-0.15, -0.1) is 0 Å². The standard InChI is InChI=1S/C12H22O11.H2S/c13-1-3-5(15)6(16)9(19)12(22-3)23-10-4(2-14)21-11(20)8(18)7(10)17;/h3-20H,1-2H2;1H2/t3-,4-,5+,6+,7-,8-,9-,10-,11?,12+;/m1./s1. The zero-order valence-electron chi connectivity index (χ0n) is 12.5. The Balaban J connectivity index is 0.00000288. The molecule has 12 heteroatoms. The van der Waals surface area contributed by atoms with E-state index in [2.05, 4.69) is 0 Å². The summed E-state index contributed by atoms with van der Waals surface area (Å²) in [6.07, 6.45) is -15.6. The van der Waals surface area contributed by atoms with Crippen molar-refractivity contribution < 1.29 is 55.1 Å². The molecule has 2 rings (SSSR count). The molecule has 0 saturated carbocycles. The Morgan fingerprint density at radius 2 is 1.25 bits per heavy atom. The summed E-state index contributed by atoms with van der Waals surface area (Å²) < 4.78 is 15.3. The molecule has 2 aliphatic heterocycles. The van der Waals surface area contributed by atoms with Crippen LogP contribution in [0.4, 0.5) is 0 Å². The van der Waals surface area contributed by atoms with Gasteiger partial charge in [-0.2, -0.15) is 13.5 Å². The zero-order chi connectivity index (χ0) is 17.3. The van der Waals surface area contributed by atoms with Gasteiger partial charge in [-0.25, -0.2) is 0 Å². The van der Waals surface area contributed by atoms with Crippen molar-refractivity contribution in [3.05, 3.63) is 0 Å². The molecule has 0 aromatic rings. The number of hydrogen-bond donors (Lipinski definition) is 8. The molecule has 2 heterocycles. The summed E-state index contributed by atoms with van der Waals surface area (Å²) >= 11 is 0. The molecule has 0 radical (unpaired) electrons. The summed E-state index contributed by atoms with van der Waals surface area (Å²) in [7, 11) is 0. The third kappa shape index (κ3) is 4.17. The van der Waals surface area contributed by atoms with E-state index in [1.807, 2.05) is 0 Å². The lowest BCUT2D eigenvalue weighted by atomic mass is 9.97. The van der Waals surface area contributed by atoms with Crippen LogP contribution < -0.4 is 0 Å². The average molecular weight is 376 g/mol. The third-order valence-corrected chi connectivity index (χ3v) is 3.98. The van der Waals surface area contributed by atoms with Gasteiger partial charge in [0.05, 0.1) is 13.2 Å². The van der Waals surface area contributed by atoms with E-state index in [9.17, 15) is 35.7 Å². The lowest BCUT2D eigenvalue weighted by Crippen LogP contribution is -2.64. The Morgan fingerprint density at radius 1 is 0.667 bits per heavy atom. The van der Waals surface area contributed by atoms with E-state index >= 15 is 0 Å². The van der Waals surface area contributed by atoms with Gasteiger partial charge in [0.25, 0.3) is 0 Å². The van der Waals surface area contributed by atoms with Crippen molar-refractivity contribution in [2.45, 2.75) is 61.4 Å². The topological polar surface area (TPSA) is 190 Å². The highest BCUT2D eigenvalue weighted by Crippen LogP contribution is 2.28. The first kappa shape index (κ1) is 22.0. The van der Waals surface area contributed by atoms with Crippen LogP contribution in [-0.2, 0) is 14.2 Å². The first-order valence-corrected chi connectivity index (χ1v) is 7.08. The summed E-state index contributed by atoms with van der Waals surface area (Å²) in [5.41, 5.74) is 0. The molecule has 0 aromatic heterocycles. The maximum atomic E-state index is 9.94. The summed E-state index contributed by atoms with van der Waals surface area (Å²) in [5, 5.41) is 76.5. The molecule has 0 aromatic carbocycles. The molecule has 0 spiro atoms. The van der Waals surface area contributed by atoms with Crippen LogP contribution in [0.3, 0.4) is 0 Å². The molecule has 2 saturated heterocycles. The van der Waals surface area contributed by atoms with Crippen LogP contribution in [0.5, 0.6) is 0 Å². The number of aliphatic hydroxyl groups excluding tert-OH is 8. The normalized spacial score (nSPS) is 49.5. The Kier molecular flexibility index (Phi) is 8.25. The molecule has 8 N–H and O–H groups in total. The van der Waals surface area contributed by atoms with E-state index < -0.39 is 74.6 Å². The molecule has 0 bridgehead atoms. The van der Waals surface area contributed by atoms with Gasteiger partial charge in [0.2, 0.25) is 0 Å². The van der Waals surface area contributed by atoms with Gasteiger partial charge >= 0.3 is 0 Å². The van der Waals surface area contributed by atoms with E-state index in [0.29, 0.717) is 0 Å². The second-order valence-electron chi connectivity index (χ2n) is 5.53. The van der Waals surface area contributed by atoms with Gasteiger partial charge < -0.3 is 55.1 Å². The van der Waals surface area contributed by atoms with Crippen LogP contribution in [0.25, 0.3) is 0 Å². The highest BCUT2D eigenvalue weighted by Gasteiger charge is 2.50. The second-order valence-corrected chi connectivity index (χ2v) is 5.53. The fourth-order valence-electron chi connectivity index (χ4n) is 2.57. The smallest absolute Gasteiger partial charge is 0.187 e. The van der Waals surface area contributed by atoms with Crippen molar-refractivity contribution >= 4 is 13.5 Å². The van der Waals surface area contributed by atoms with Crippen LogP contribution in [0.15, 0.2) is 0 Å². The van der Waals surface area contributed by atoms with E-state index in [-0.39, 0.29) is 13.5 Å². The molecule has 0 amide bonds. The fraction of sp³-hybridized carbons (Fsp3) is 1.00. The highest BCUT2D eigenvalue weighted by atomic mass is 32.1. The largest absolute Gasteiger partial charge is 0.394 e. The summed E-state index contributed by atoms with van der Waals surface area (Å²) in [5.74, 6) is 0. The molecular formula is C12H24O11S. The molecule has 2 aliphatic rings. The van der Waals surface area contributed by atoms with Crippen LogP contribution in [0.2, 0.25) is 0 Å². The van der Waals surface area contributed by atoms with Crippen molar-refractivity contribution in [2.75, 3.05) is 13.2 Å². The van der Waals surface area contributed by atoms with Gasteiger partial charge in [-0.3, -0.25) is 0 Å². The van der Waals surface area contributed by atoms with Crippen LogP contribution in [-0.4, -0.2) is 115 Å². The van der Waals surface area contributed by atoms with Crippen molar-refractivity contribution in [2.24, 2.45) is 0 Å². The summed E-state index contributed by atoms with van der Waals surface area (Å²) in [4.78, 5) is 0. The third-order valence-electron chi connectivity index (χ3n) is 3.98. The molecular weight excluding hydrogens is 352 g/mol. The van der Waals surface area contributed by atoms with E-state index in [1.165, 1.54) is 0 Å². The lowest BCUT2D eigenvalue weighted by Gasteiger charge is -2.45. The first-order valence-electron chi connectivity index (χ1n) is 7.08. The first-order chi connectivity index (χ1) is 10.8. The minimum Gasteiger partial charge on any atom is -0.394 e. The highest BCUT2D eigenvalue weighted by molar-refractivity contribution is 7.59. The lowest BCUT2D eigenvalue weighted by molar-refractivity contribution is -0.355.